The lowest BCUT2D eigenvalue weighted by Crippen LogP contribution is -2.46. The normalized spacial score (nSPS) is 23.3. The van der Waals surface area contributed by atoms with Gasteiger partial charge < -0.3 is 24.6 Å². The summed E-state index contributed by atoms with van der Waals surface area (Å²) in [7, 11) is -1.07. The number of carbonyl (C=O) groups excluding carboxylic acids is 2. The van der Waals surface area contributed by atoms with E-state index in [9.17, 15) is 24.5 Å². The number of nitrogens with zero attached hydrogens (tertiary/aromatic N) is 1. The average Bonchev–Trinajstić information content (AvgIpc) is 3.27. The van der Waals surface area contributed by atoms with Crippen molar-refractivity contribution < 1.29 is 39.0 Å². The summed E-state index contributed by atoms with van der Waals surface area (Å²) in [6.45, 7) is 2.58. The van der Waals surface area contributed by atoms with Gasteiger partial charge in [-0.1, -0.05) is 61.4 Å². The maximum Gasteiger partial charge on any atom is 0.455 e. The number of hydrogen-bond donors (Lipinski definition) is 3. The molecule has 4 atom stereocenters. The van der Waals surface area contributed by atoms with E-state index in [0.717, 1.165) is 28.7 Å². The van der Waals surface area contributed by atoms with Crippen molar-refractivity contribution in [1.29, 1.82) is 0 Å². The Kier molecular flexibility index (Phi) is 10.8. The van der Waals surface area contributed by atoms with Gasteiger partial charge in [0.15, 0.2) is 0 Å². The molecule has 0 bridgehead atoms. The van der Waals surface area contributed by atoms with Crippen LogP contribution in [-0.4, -0.2) is 64.3 Å². The van der Waals surface area contributed by atoms with E-state index in [1.807, 2.05) is 48.5 Å². The van der Waals surface area contributed by atoms with E-state index in [2.05, 4.69) is 6.92 Å². The van der Waals surface area contributed by atoms with Crippen LogP contribution in [0.3, 0.4) is 0 Å². The lowest BCUT2D eigenvalue weighted by Gasteiger charge is -2.43. The Morgan fingerprint density at radius 1 is 1.02 bits per heavy atom. The number of fused-ring (bicyclic) bond motifs is 3. The minimum Gasteiger partial charge on any atom is -0.507 e. The topological polar surface area (TPSA) is 134 Å². The quantitative estimate of drug-likeness (QED) is 0.110. The summed E-state index contributed by atoms with van der Waals surface area (Å²) in [4.78, 5) is 39.7. The van der Waals surface area contributed by atoms with Gasteiger partial charge in [-0.15, -0.1) is 0 Å². The third-order valence-corrected chi connectivity index (χ3v) is 9.31. The van der Waals surface area contributed by atoms with Crippen LogP contribution in [0.2, 0.25) is 6.32 Å². The van der Waals surface area contributed by atoms with Crippen LogP contribution in [0.25, 0.3) is 6.08 Å². The van der Waals surface area contributed by atoms with Crippen molar-refractivity contribution >= 4 is 31.0 Å². The molecule has 2 amide bonds. The highest BCUT2D eigenvalue weighted by Crippen LogP contribution is 2.50. The zero-order valence-corrected chi connectivity index (χ0v) is 25.8. The smallest absolute Gasteiger partial charge is 0.455 e. The number of para-hydroxylation sites is 2. The van der Waals surface area contributed by atoms with Gasteiger partial charge >= 0.3 is 13.1 Å². The molecule has 0 saturated carbocycles. The summed E-state index contributed by atoms with van der Waals surface area (Å²) >= 11 is 0. The minimum atomic E-state index is -1.07. The number of hydrogen-bond acceptors (Lipinski definition) is 7. The van der Waals surface area contributed by atoms with Crippen molar-refractivity contribution in [1.82, 2.24) is 4.90 Å². The van der Waals surface area contributed by atoms with E-state index in [1.165, 1.54) is 4.90 Å². The molecule has 2 aromatic rings. The first-order valence-electron chi connectivity index (χ1n) is 16.0. The molecule has 238 valence electrons. The van der Waals surface area contributed by atoms with Crippen LogP contribution in [-0.2, 0) is 19.0 Å². The number of carbonyl (C=O) groups is 3. The number of rotatable bonds is 14. The fourth-order valence-electron chi connectivity index (χ4n) is 7.09. The van der Waals surface area contributed by atoms with Crippen LogP contribution < -0.4 is 4.74 Å². The second-order valence-electron chi connectivity index (χ2n) is 12.2. The molecule has 3 N–H and O–H groups in total. The van der Waals surface area contributed by atoms with Gasteiger partial charge in [-0.2, -0.15) is 0 Å². The summed E-state index contributed by atoms with van der Waals surface area (Å²) in [5, 5.41) is 30.1. The second-order valence-corrected chi connectivity index (χ2v) is 12.2. The molecule has 10 heteroatoms. The molecular formula is C35H42BNO8. The highest BCUT2D eigenvalue weighted by molar-refractivity contribution is 6.43. The number of allylic oxidation sites excluding steroid dienone is 1. The molecular weight excluding hydrogens is 573 g/mol. The number of imide groups is 1. The SMILES string of the molecule is CC/C(=C\c1ccccc1O)CC[C@H]1OB(O)C[C@H]2C1=C(COc1ccccc1)C[C@H]1C(=O)N(CCCCCC(=O)O)C(=O)[C@H]12. The molecule has 5 rings (SSSR count). The van der Waals surface area contributed by atoms with E-state index in [4.69, 9.17) is 14.5 Å². The number of ether oxygens (including phenoxy) is 1. The van der Waals surface area contributed by atoms with Gasteiger partial charge in [0, 0.05) is 18.5 Å². The number of carboxylic acids is 1. The van der Waals surface area contributed by atoms with Gasteiger partial charge in [-0.3, -0.25) is 19.3 Å². The zero-order chi connectivity index (χ0) is 31.9. The number of phenols is 1. The largest absolute Gasteiger partial charge is 0.507 e. The number of aromatic hydroxyl groups is 1. The molecule has 1 aliphatic carbocycles. The Bertz CT molecular complexity index is 1440. The van der Waals surface area contributed by atoms with E-state index < -0.39 is 31.0 Å². The van der Waals surface area contributed by atoms with Crippen molar-refractivity contribution in [3.63, 3.8) is 0 Å². The Hall–Kier alpha value is -3.89. The molecule has 0 radical (unpaired) electrons. The Morgan fingerprint density at radius 2 is 1.78 bits per heavy atom. The molecule has 2 heterocycles. The third-order valence-electron chi connectivity index (χ3n) is 9.31. The molecule has 2 aromatic carbocycles. The van der Waals surface area contributed by atoms with E-state index in [0.29, 0.717) is 44.3 Å². The van der Waals surface area contributed by atoms with Crippen LogP contribution >= 0.6 is 0 Å². The second kappa shape index (κ2) is 14.9. The minimum absolute atomic E-state index is 0.0635. The highest BCUT2D eigenvalue weighted by atomic mass is 16.5. The Morgan fingerprint density at radius 3 is 2.51 bits per heavy atom. The van der Waals surface area contributed by atoms with E-state index >= 15 is 0 Å². The number of aliphatic carboxylic acids is 1. The van der Waals surface area contributed by atoms with Gasteiger partial charge in [0.1, 0.15) is 18.1 Å². The predicted octanol–water partition coefficient (Wildman–Crippen LogP) is 5.49. The first-order chi connectivity index (χ1) is 21.8. The van der Waals surface area contributed by atoms with Crippen LogP contribution in [0, 0.1) is 17.8 Å². The number of amides is 2. The van der Waals surface area contributed by atoms with Crippen LogP contribution in [0.5, 0.6) is 11.5 Å². The lowest BCUT2D eigenvalue weighted by atomic mass is 9.58. The molecule has 0 aromatic heterocycles. The fourth-order valence-corrected chi connectivity index (χ4v) is 7.09. The van der Waals surface area contributed by atoms with E-state index in [1.54, 1.807) is 12.1 Å². The monoisotopic (exact) mass is 615 g/mol. The summed E-state index contributed by atoms with van der Waals surface area (Å²) in [6.07, 6.45) is 5.87. The average molecular weight is 616 g/mol. The van der Waals surface area contributed by atoms with Gasteiger partial charge in [0.05, 0.1) is 17.9 Å². The first kappa shape index (κ1) is 32.5. The number of likely N-dealkylation sites (tertiary alicyclic amines) is 1. The highest BCUT2D eigenvalue weighted by Gasteiger charge is 2.57. The van der Waals surface area contributed by atoms with Crippen LogP contribution in [0.15, 0.2) is 71.3 Å². The molecule has 2 saturated heterocycles. The van der Waals surface area contributed by atoms with Crippen LogP contribution in [0.4, 0.5) is 0 Å². The fraction of sp³-hybridized carbons (Fsp3) is 0.457. The summed E-state index contributed by atoms with van der Waals surface area (Å²) in [5.74, 6) is -1.81. The van der Waals surface area contributed by atoms with E-state index in [-0.39, 0.29) is 49.4 Å². The van der Waals surface area contributed by atoms with Gasteiger partial charge in [0.25, 0.3) is 0 Å². The number of unbranched alkanes of at least 4 members (excludes halogenated alkanes) is 2. The molecule has 2 fully saturated rings. The van der Waals surface area contributed by atoms with Crippen molar-refractivity contribution in [3.05, 3.63) is 76.9 Å². The molecule has 0 unspecified atom stereocenters. The molecule has 0 spiro atoms. The third kappa shape index (κ3) is 7.68. The zero-order valence-electron chi connectivity index (χ0n) is 25.8. The van der Waals surface area contributed by atoms with Gasteiger partial charge in [-0.05, 0) is 80.1 Å². The van der Waals surface area contributed by atoms with Gasteiger partial charge in [-0.25, -0.2) is 0 Å². The van der Waals surface area contributed by atoms with Gasteiger partial charge in [0.2, 0.25) is 11.8 Å². The Balaban J connectivity index is 1.39. The standard InChI is InChI=1S/C35H42BNO8/c1-2-23(19-24-11-8-9-14-29(24)38)16-17-30-32-25(22-44-26-12-5-3-6-13-26)20-27-33(28(32)21-36(43)45-30)35(42)37(34(27)41)18-10-4-7-15-31(39)40/h3,5-6,8-9,11-14,19,27-28,30,33,38,43H,2,4,7,10,15-18,20-22H2,1H3,(H,39,40)/b23-19+/t27-,28+,30-,33-/m1/s1. The number of benzene rings is 2. The summed E-state index contributed by atoms with van der Waals surface area (Å²) in [5.41, 5.74) is 3.76. The molecule has 9 nitrogen and oxygen atoms in total. The lowest BCUT2D eigenvalue weighted by molar-refractivity contribution is -0.141. The number of carboxylic acid groups (broad SMARTS) is 1. The summed E-state index contributed by atoms with van der Waals surface area (Å²) < 4.78 is 12.3. The maximum atomic E-state index is 13.8. The van der Waals surface area contributed by atoms with Crippen molar-refractivity contribution in [3.8, 4) is 11.5 Å². The molecule has 2 aliphatic heterocycles. The number of phenolic OH excluding ortho intramolecular Hbond substituents is 1. The maximum absolute atomic E-state index is 13.8. The molecule has 3 aliphatic rings. The van der Waals surface area contributed by atoms with Crippen molar-refractivity contribution in [2.45, 2.75) is 70.7 Å². The van der Waals surface area contributed by atoms with Crippen LogP contribution in [0.1, 0.15) is 63.9 Å². The van der Waals surface area contributed by atoms with Crippen molar-refractivity contribution in [2.75, 3.05) is 13.2 Å². The summed E-state index contributed by atoms with van der Waals surface area (Å²) in [6, 6.07) is 16.6. The predicted molar refractivity (Wildman–Crippen MR) is 170 cm³/mol. The van der Waals surface area contributed by atoms with Crippen molar-refractivity contribution in [2.24, 2.45) is 17.8 Å². The molecule has 45 heavy (non-hydrogen) atoms. The Labute approximate surface area is 264 Å². The first-order valence-corrected chi connectivity index (χ1v) is 16.0.